The summed E-state index contributed by atoms with van der Waals surface area (Å²) in [6, 6.07) is 5.64. The van der Waals surface area contributed by atoms with Gasteiger partial charge < -0.3 is 4.90 Å². The quantitative estimate of drug-likeness (QED) is 0.697. The van der Waals surface area contributed by atoms with Crippen molar-refractivity contribution in [2.24, 2.45) is 0 Å². The Morgan fingerprint density at radius 1 is 1.25 bits per heavy atom. The van der Waals surface area contributed by atoms with Gasteiger partial charge in [-0.3, -0.25) is 9.63 Å². The minimum Gasteiger partial charge on any atom is -0.308 e. The summed E-state index contributed by atoms with van der Waals surface area (Å²) >= 11 is 6.01. The fraction of sp³-hybridized carbons (Fsp3) is 0.278. The molecule has 0 spiro atoms. The number of hydrogen-bond acceptors (Lipinski definition) is 4. The van der Waals surface area contributed by atoms with Crippen LogP contribution in [0.25, 0.3) is 0 Å². The molecule has 28 heavy (non-hydrogen) atoms. The fourth-order valence-corrected chi connectivity index (χ4v) is 4.52. The average molecular weight is 431 g/mol. The van der Waals surface area contributed by atoms with Gasteiger partial charge in [-0.15, -0.1) is 0 Å². The van der Waals surface area contributed by atoms with Crippen molar-refractivity contribution in [1.29, 1.82) is 0 Å². The molecule has 10 heteroatoms. The molecule has 1 heterocycles. The fourth-order valence-electron chi connectivity index (χ4n) is 3.05. The van der Waals surface area contributed by atoms with E-state index in [4.69, 9.17) is 16.4 Å². The van der Waals surface area contributed by atoms with Crippen molar-refractivity contribution < 1.29 is 26.8 Å². The number of halogens is 3. The lowest BCUT2D eigenvalue weighted by atomic mass is 10.00. The average Bonchev–Trinajstić information content (AvgIpc) is 2.66. The smallest absolute Gasteiger partial charge is 0.266 e. The first-order valence-corrected chi connectivity index (χ1v) is 10.1. The van der Waals surface area contributed by atoms with Gasteiger partial charge in [0.1, 0.15) is 16.5 Å². The third-order valence-electron chi connectivity index (χ3n) is 4.53. The van der Waals surface area contributed by atoms with Crippen LogP contribution < -0.4 is 4.90 Å². The number of benzene rings is 2. The van der Waals surface area contributed by atoms with Gasteiger partial charge in [-0.1, -0.05) is 16.1 Å². The molecule has 0 fully saturated rings. The van der Waals surface area contributed by atoms with E-state index >= 15 is 0 Å². The van der Waals surface area contributed by atoms with Crippen molar-refractivity contribution in [3.8, 4) is 0 Å². The molecule has 0 atom stereocenters. The van der Waals surface area contributed by atoms with Gasteiger partial charge in [0, 0.05) is 30.8 Å². The maximum absolute atomic E-state index is 14.1. The van der Waals surface area contributed by atoms with Crippen LogP contribution in [0.5, 0.6) is 0 Å². The number of hydrogen-bond donors (Lipinski definition) is 0. The van der Waals surface area contributed by atoms with E-state index in [1.54, 1.807) is 0 Å². The monoisotopic (exact) mass is 430 g/mol. The van der Waals surface area contributed by atoms with Crippen LogP contribution in [0.15, 0.2) is 35.2 Å². The van der Waals surface area contributed by atoms with E-state index < -0.39 is 27.6 Å². The Labute approximate surface area is 166 Å². The molecular weight excluding hydrogens is 414 g/mol. The number of fused-ring (bicyclic) bond motifs is 1. The van der Waals surface area contributed by atoms with E-state index in [-0.39, 0.29) is 33.3 Å². The van der Waals surface area contributed by atoms with Crippen molar-refractivity contribution in [2.75, 3.05) is 25.6 Å². The van der Waals surface area contributed by atoms with E-state index in [0.717, 1.165) is 18.2 Å². The lowest BCUT2D eigenvalue weighted by Gasteiger charge is -2.30. The van der Waals surface area contributed by atoms with Crippen LogP contribution >= 0.6 is 11.6 Å². The van der Waals surface area contributed by atoms with Crippen molar-refractivity contribution in [3.05, 3.63) is 58.1 Å². The standard InChI is InChI=1S/C18H17ClF2N2O4S/c1-22(27-2)28(25,26)17-8-11(5-6-14(17)19)18(24)23-7-3-4-13-15(21)9-12(20)10-16(13)23/h5-6,8-10H,3-4,7H2,1-2H3. The highest BCUT2D eigenvalue weighted by Crippen LogP contribution is 2.32. The molecule has 2 aromatic rings. The van der Waals surface area contributed by atoms with Crippen molar-refractivity contribution in [1.82, 2.24) is 4.47 Å². The zero-order valence-corrected chi connectivity index (χ0v) is 16.7. The molecule has 3 rings (SSSR count). The van der Waals surface area contributed by atoms with Crippen LogP contribution in [0.4, 0.5) is 14.5 Å². The molecule has 1 aliphatic rings. The molecule has 0 saturated heterocycles. The number of carbonyl (C=O) groups excluding carboxylic acids is 1. The number of rotatable bonds is 4. The number of anilines is 1. The Morgan fingerprint density at radius 2 is 1.96 bits per heavy atom. The summed E-state index contributed by atoms with van der Waals surface area (Å²) in [7, 11) is -1.73. The number of nitrogens with zero attached hydrogens (tertiary/aromatic N) is 2. The Hall–Kier alpha value is -2.07. The van der Waals surface area contributed by atoms with Crippen LogP contribution in [-0.2, 0) is 21.3 Å². The maximum atomic E-state index is 14.1. The zero-order valence-electron chi connectivity index (χ0n) is 15.1. The van der Waals surface area contributed by atoms with Crippen LogP contribution in [-0.4, -0.2) is 39.5 Å². The van der Waals surface area contributed by atoms with Gasteiger partial charge in [-0.25, -0.2) is 17.2 Å². The minimum absolute atomic E-state index is 0.0185. The first kappa shape index (κ1) is 20.7. The second-order valence-electron chi connectivity index (χ2n) is 6.19. The van der Waals surface area contributed by atoms with Gasteiger partial charge >= 0.3 is 0 Å². The molecule has 0 N–H and O–H groups in total. The lowest BCUT2D eigenvalue weighted by Crippen LogP contribution is -2.36. The first-order valence-electron chi connectivity index (χ1n) is 8.29. The van der Waals surface area contributed by atoms with Crippen molar-refractivity contribution in [2.45, 2.75) is 17.7 Å². The molecule has 1 aliphatic heterocycles. The SMILES string of the molecule is CON(C)S(=O)(=O)c1cc(C(=O)N2CCCc3c(F)cc(F)cc32)ccc1Cl. The van der Waals surface area contributed by atoms with Crippen LogP contribution in [0.1, 0.15) is 22.3 Å². The third kappa shape index (κ3) is 3.62. The topological polar surface area (TPSA) is 66.9 Å². The Balaban J connectivity index is 2.05. The van der Waals surface area contributed by atoms with E-state index in [0.29, 0.717) is 17.3 Å². The summed E-state index contributed by atoms with van der Waals surface area (Å²) < 4.78 is 53.4. The second-order valence-corrected chi connectivity index (χ2v) is 8.50. The summed E-state index contributed by atoms with van der Waals surface area (Å²) in [5, 5.41) is -0.0865. The second kappa shape index (κ2) is 7.75. The molecular formula is C18H17ClF2N2O4S. The Morgan fingerprint density at radius 3 is 2.64 bits per heavy atom. The molecule has 0 radical (unpaired) electrons. The van der Waals surface area contributed by atoms with Gasteiger partial charge in [-0.05, 0) is 37.1 Å². The summed E-state index contributed by atoms with van der Waals surface area (Å²) in [6.07, 6.45) is 0.872. The minimum atomic E-state index is -4.09. The molecule has 0 aliphatic carbocycles. The van der Waals surface area contributed by atoms with Crippen LogP contribution in [0.2, 0.25) is 5.02 Å². The van der Waals surface area contributed by atoms with Gasteiger partial charge in [-0.2, -0.15) is 0 Å². The normalized spacial score (nSPS) is 14.3. The summed E-state index contributed by atoms with van der Waals surface area (Å²) in [5.74, 6) is -2.09. The molecule has 0 unspecified atom stereocenters. The predicted octanol–water partition coefficient (Wildman–Crippen LogP) is 3.39. The largest absolute Gasteiger partial charge is 0.308 e. The summed E-state index contributed by atoms with van der Waals surface area (Å²) in [5.41, 5.74) is 0.411. The zero-order chi connectivity index (χ0) is 20.6. The van der Waals surface area contributed by atoms with Gasteiger partial charge in [0.05, 0.1) is 17.8 Å². The third-order valence-corrected chi connectivity index (χ3v) is 6.69. The predicted molar refractivity (Wildman–Crippen MR) is 99.8 cm³/mol. The van der Waals surface area contributed by atoms with Gasteiger partial charge in [0.2, 0.25) is 0 Å². The van der Waals surface area contributed by atoms with Crippen molar-refractivity contribution >= 4 is 33.2 Å². The van der Waals surface area contributed by atoms with E-state index in [2.05, 4.69) is 0 Å². The Bertz CT molecular complexity index is 1050. The number of carbonyl (C=O) groups is 1. The molecule has 0 aromatic heterocycles. The summed E-state index contributed by atoms with van der Waals surface area (Å²) in [6.45, 7) is 0.247. The molecule has 150 valence electrons. The maximum Gasteiger partial charge on any atom is 0.266 e. The highest BCUT2D eigenvalue weighted by atomic mass is 35.5. The number of hydroxylamine groups is 1. The van der Waals surface area contributed by atoms with E-state index in [1.165, 1.54) is 31.2 Å². The van der Waals surface area contributed by atoms with Crippen LogP contribution in [0, 0.1) is 11.6 Å². The molecule has 0 saturated carbocycles. The molecule has 2 aromatic carbocycles. The number of sulfonamides is 1. The van der Waals surface area contributed by atoms with E-state index in [9.17, 15) is 22.0 Å². The lowest BCUT2D eigenvalue weighted by molar-refractivity contribution is -0.0258. The summed E-state index contributed by atoms with van der Waals surface area (Å²) in [4.78, 5) is 18.7. The Kier molecular flexibility index (Phi) is 5.72. The van der Waals surface area contributed by atoms with Gasteiger partial charge in [0.15, 0.2) is 0 Å². The number of amides is 1. The molecule has 0 bridgehead atoms. The van der Waals surface area contributed by atoms with Crippen molar-refractivity contribution in [3.63, 3.8) is 0 Å². The van der Waals surface area contributed by atoms with Crippen LogP contribution in [0.3, 0.4) is 0 Å². The first-order chi connectivity index (χ1) is 13.2. The molecule has 6 nitrogen and oxygen atoms in total. The highest BCUT2D eigenvalue weighted by molar-refractivity contribution is 7.89. The van der Waals surface area contributed by atoms with Gasteiger partial charge in [0.25, 0.3) is 15.9 Å². The van der Waals surface area contributed by atoms with E-state index in [1.807, 2.05) is 0 Å². The molecule has 1 amide bonds. The highest BCUT2D eigenvalue weighted by Gasteiger charge is 2.29.